The van der Waals surface area contributed by atoms with Crippen LogP contribution in [0.4, 0.5) is 0 Å². The van der Waals surface area contributed by atoms with E-state index in [1.807, 2.05) is 12.1 Å². The Morgan fingerprint density at radius 2 is 2.05 bits per heavy atom. The predicted octanol–water partition coefficient (Wildman–Crippen LogP) is 4.58. The van der Waals surface area contributed by atoms with Crippen molar-refractivity contribution in [3.05, 3.63) is 27.8 Å². The first-order valence-electron chi connectivity index (χ1n) is 6.54. The molecule has 0 unspecified atom stereocenters. The molecule has 1 aromatic heterocycles. The molecule has 19 heavy (non-hydrogen) atoms. The number of fused-ring (bicyclic) bond motifs is 1. The molecule has 1 fully saturated rings. The van der Waals surface area contributed by atoms with Crippen molar-refractivity contribution in [1.82, 2.24) is 9.78 Å². The number of hydrogen-bond acceptors (Lipinski definition) is 2. The Kier molecular flexibility index (Phi) is 3.83. The molecule has 0 atom stereocenters. The molecular formula is C14H16BrClN2O. The second-order valence-electron chi connectivity index (χ2n) is 5.10. The van der Waals surface area contributed by atoms with E-state index in [-0.39, 0.29) is 0 Å². The van der Waals surface area contributed by atoms with Crippen LogP contribution in [0, 0.1) is 0 Å². The quantitative estimate of drug-likeness (QED) is 0.798. The summed E-state index contributed by atoms with van der Waals surface area (Å²) < 4.78 is 8.43. The van der Waals surface area contributed by atoms with Crippen LogP contribution < -0.4 is 0 Å². The molecule has 1 saturated carbocycles. The highest BCUT2D eigenvalue weighted by Gasteiger charge is 2.22. The first kappa shape index (κ1) is 13.4. The molecule has 2 aromatic rings. The van der Waals surface area contributed by atoms with Gasteiger partial charge in [0, 0.05) is 23.2 Å². The molecule has 3 nitrogen and oxygen atoms in total. The monoisotopic (exact) mass is 342 g/mol. The Balaban J connectivity index is 1.86. The SMILES string of the molecule is COC1CCC(n2cc3cc(Br)c(Cl)cc3n2)CC1. The zero-order chi connectivity index (χ0) is 13.4. The number of hydrogen-bond donors (Lipinski definition) is 0. The van der Waals surface area contributed by atoms with Crippen LogP contribution in [0.2, 0.25) is 5.02 Å². The fourth-order valence-corrected chi connectivity index (χ4v) is 3.29. The normalized spacial score (nSPS) is 23.9. The molecule has 0 radical (unpaired) electrons. The van der Waals surface area contributed by atoms with Gasteiger partial charge in [-0.05, 0) is 53.7 Å². The fourth-order valence-electron chi connectivity index (χ4n) is 2.77. The number of aromatic nitrogens is 2. The second-order valence-corrected chi connectivity index (χ2v) is 6.36. The number of benzene rings is 1. The first-order chi connectivity index (χ1) is 9.17. The minimum Gasteiger partial charge on any atom is -0.381 e. The smallest absolute Gasteiger partial charge is 0.0939 e. The maximum atomic E-state index is 6.11. The average molecular weight is 344 g/mol. The predicted molar refractivity (Wildman–Crippen MR) is 80.7 cm³/mol. The minimum absolute atomic E-state index is 0.421. The van der Waals surface area contributed by atoms with Gasteiger partial charge < -0.3 is 4.74 Å². The Morgan fingerprint density at radius 1 is 1.32 bits per heavy atom. The van der Waals surface area contributed by atoms with Crippen molar-refractivity contribution in [1.29, 1.82) is 0 Å². The molecule has 1 aliphatic rings. The summed E-state index contributed by atoms with van der Waals surface area (Å²) in [7, 11) is 1.80. The van der Waals surface area contributed by atoms with Gasteiger partial charge in [0.2, 0.25) is 0 Å². The number of rotatable bonds is 2. The summed E-state index contributed by atoms with van der Waals surface area (Å²) in [4.78, 5) is 0. The molecule has 102 valence electrons. The van der Waals surface area contributed by atoms with Crippen LogP contribution in [-0.4, -0.2) is 23.0 Å². The average Bonchev–Trinajstić information content (AvgIpc) is 2.82. The lowest BCUT2D eigenvalue weighted by atomic mass is 9.93. The van der Waals surface area contributed by atoms with Crippen LogP contribution in [0.1, 0.15) is 31.7 Å². The Bertz CT molecular complexity index is 551. The molecular weight excluding hydrogens is 328 g/mol. The lowest BCUT2D eigenvalue weighted by molar-refractivity contribution is 0.0569. The molecule has 0 N–H and O–H groups in total. The summed E-state index contributed by atoms with van der Waals surface area (Å²) in [5, 5.41) is 6.50. The lowest BCUT2D eigenvalue weighted by Gasteiger charge is -2.27. The van der Waals surface area contributed by atoms with Gasteiger partial charge in [-0.15, -0.1) is 0 Å². The standard InChI is InChI=1S/C14H16BrClN2O/c1-19-11-4-2-10(3-5-11)18-8-9-6-12(15)13(16)7-14(9)17-18/h6-8,10-11H,2-5H2,1H3. The van der Waals surface area contributed by atoms with Gasteiger partial charge in [-0.1, -0.05) is 11.6 Å². The van der Waals surface area contributed by atoms with Crippen molar-refractivity contribution in [2.45, 2.75) is 37.8 Å². The van der Waals surface area contributed by atoms with E-state index in [1.54, 1.807) is 7.11 Å². The van der Waals surface area contributed by atoms with E-state index < -0.39 is 0 Å². The fraction of sp³-hybridized carbons (Fsp3) is 0.500. The van der Waals surface area contributed by atoms with Gasteiger partial charge in [0.15, 0.2) is 0 Å². The van der Waals surface area contributed by atoms with Crippen LogP contribution in [0.3, 0.4) is 0 Å². The first-order valence-corrected chi connectivity index (χ1v) is 7.71. The summed E-state index contributed by atoms with van der Waals surface area (Å²) >= 11 is 9.56. The molecule has 0 aliphatic heterocycles. The topological polar surface area (TPSA) is 27.1 Å². The second kappa shape index (κ2) is 5.43. The largest absolute Gasteiger partial charge is 0.381 e. The summed E-state index contributed by atoms with van der Waals surface area (Å²) in [5.41, 5.74) is 0.960. The van der Waals surface area contributed by atoms with E-state index in [0.29, 0.717) is 17.2 Å². The van der Waals surface area contributed by atoms with E-state index in [2.05, 4.69) is 31.9 Å². The van der Waals surface area contributed by atoms with E-state index >= 15 is 0 Å². The summed E-state index contributed by atoms with van der Waals surface area (Å²) in [6, 6.07) is 4.43. The zero-order valence-electron chi connectivity index (χ0n) is 10.8. The molecule has 1 heterocycles. The van der Waals surface area contributed by atoms with E-state index in [4.69, 9.17) is 16.3 Å². The van der Waals surface area contributed by atoms with Gasteiger partial charge in [0.25, 0.3) is 0 Å². The summed E-state index contributed by atoms with van der Waals surface area (Å²) in [6.45, 7) is 0. The van der Waals surface area contributed by atoms with Gasteiger partial charge in [-0.25, -0.2) is 0 Å². The van der Waals surface area contributed by atoms with Crippen LogP contribution in [-0.2, 0) is 4.74 Å². The number of ether oxygens (including phenoxy) is 1. The van der Waals surface area contributed by atoms with Crippen molar-refractivity contribution in [3.63, 3.8) is 0 Å². The molecule has 5 heteroatoms. The maximum absolute atomic E-state index is 6.11. The van der Waals surface area contributed by atoms with E-state index in [0.717, 1.165) is 41.1 Å². The van der Waals surface area contributed by atoms with Gasteiger partial charge in [-0.2, -0.15) is 5.10 Å². The van der Waals surface area contributed by atoms with Crippen molar-refractivity contribution < 1.29 is 4.74 Å². The lowest BCUT2D eigenvalue weighted by Crippen LogP contribution is -2.22. The van der Waals surface area contributed by atoms with Crippen molar-refractivity contribution in [2.24, 2.45) is 0 Å². The van der Waals surface area contributed by atoms with Crippen molar-refractivity contribution in [2.75, 3.05) is 7.11 Å². The molecule has 1 aliphatic carbocycles. The molecule has 0 spiro atoms. The third kappa shape index (κ3) is 2.67. The molecule has 1 aromatic carbocycles. The zero-order valence-corrected chi connectivity index (χ0v) is 13.1. The Hall–Kier alpha value is -0.580. The van der Waals surface area contributed by atoms with E-state index in [1.165, 1.54) is 0 Å². The van der Waals surface area contributed by atoms with Crippen molar-refractivity contribution >= 4 is 38.4 Å². The highest BCUT2D eigenvalue weighted by Crippen LogP contribution is 2.32. The third-order valence-electron chi connectivity index (χ3n) is 3.92. The summed E-state index contributed by atoms with van der Waals surface area (Å²) in [5.74, 6) is 0. The van der Waals surface area contributed by atoms with Crippen LogP contribution in [0.15, 0.2) is 22.8 Å². The van der Waals surface area contributed by atoms with Gasteiger partial charge in [0.05, 0.1) is 22.7 Å². The third-order valence-corrected chi connectivity index (χ3v) is 5.11. The minimum atomic E-state index is 0.421. The summed E-state index contributed by atoms with van der Waals surface area (Å²) in [6.07, 6.45) is 7.02. The highest BCUT2D eigenvalue weighted by molar-refractivity contribution is 9.10. The van der Waals surface area contributed by atoms with E-state index in [9.17, 15) is 0 Å². The van der Waals surface area contributed by atoms with Crippen LogP contribution >= 0.6 is 27.5 Å². The van der Waals surface area contributed by atoms with Crippen molar-refractivity contribution in [3.8, 4) is 0 Å². The molecule has 0 saturated heterocycles. The number of nitrogens with zero attached hydrogens (tertiary/aromatic N) is 2. The van der Waals surface area contributed by atoms with Crippen LogP contribution in [0.5, 0.6) is 0 Å². The van der Waals surface area contributed by atoms with Crippen LogP contribution in [0.25, 0.3) is 10.9 Å². The van der Waals surface area contributed by atoms with Gasteiger partial charge >= 0.3 is 0 Å². The molecule has 0 bridgehead atoms. The maximum Gasteiger partial charge on any atom is 0.0939 e. The number of methoxy groups -OCH3 is 1. The number of halogens is 2. The Morgan fingerprint density at radius 3 is 2.74 bits per heavy atom. The highest BCUT2D eigenvalue weighted by atomic mass is 79.9. The van der Waals surface area contributed by atoms with Gasteiger partial charge in [-0.3, -0.25) is 4.68 Å². The van der Waals surface area contributed by atoms with Gasteiger partial charge in [0.1, 0.15) is 0 Å². The Labute approximate surface area is 126 Å². The molecule has 3 rings (SSSR count). The molecule has 0 amide bonds.